The second-order valence-corrected chi connectivity index (χ2v) is 7.52. The van der Waals surface area contributed by atoms with Crippen LogP contribution in [0.5, 0.6) is 0 Å². The van der Waals surface area contributed by atoms with Gasteiger partial charge in [0.15, 0.2) is 0 Å². The van der Waals surface area contributed by atoms with Crippen LogP contribution in [0.3, 0.4) is 0 Å². The van der Waals surface area contributed by atoms with Gasteiger partial charge in [-0.25, -0.2) is 0 Å². The summed E-state index contributed by atoms with van der Waals surface area (Å²) in [6.07, 6.45) is 19.6. The molecule has 0 unspecified atom stereocenters. The summed E-state index contributed by atoms with van der Waals surface area (Å²) in [5.41, 5.74) is 3.56. The fourth-order valence-electron chi connectivity index (χ4n) is 5.56. The van der Waals surface area contributed by atoms with Gasteiger partial charge in [-0.05, 0) is 48.6 Å². The van der Waals surface area contributed by atoms with E-state index in [1.54, 1.807) is 5.56 Å². The van der Waals surface area contributed by atoms with Crippen molar-refractivity contribution in [3.05, 3.63) is 41.5 Å². The third-order valence-corrected chi connectivity index (χ3v) is 6.53. The average molecular weight is 280 g/mol. The molecular formula is C21H28. The van der Waals surface area contributed by atoms with Gasteiger partial charge in [0, 0.05) is 5.41 Å². The molecule has 0 heterocycles. The van der Waals surface area contributed by atoms with Crippen molar-refractivity contribution in [1.29, 1.82) is 0 Å². The molecule has 0 heteroatoms. The Morgan fingerprint density at radius 3 is 1.90 bits per heavy atom. The first-order valence-corrected chi connectivity index (χ1v) is 9.20. The Balaban J connectivity index is 1.77. The van der Waals surface area contributed by atoms with Crippen molar-refractivity contribution >= 4 is 6.08 Å². The van der Waals surface area contributed by atoms with Gasteiger partial charge >= 0.3 is 0 Å². The second kappa shape index (κ2) is 5.63. The van der Waals surface area contributed by atoms with Crippen molar-refractivity contribution in [2.75, 3.05) is 0 Å². The minimum absolute atomic E-state index is 0.386. The van der Waals surface area contributed by atoms with E-state index in [0.717, 1.165) is 11.8 Å². The Morgan fingerprint density at radius 1 is 0.714 bits per heavy atom. The fourth-order valence-corrected chi connectivity index (χ4v) is 5.56. The molecule has 0 nitrogen and oxygen atoms in total. The molecule has 3 aliphatic rings. The van der Waals surface area contributed by atoms with Crippen LogP contribution in [0, 0.1) is 11.8 Å². The molecule has 1 aromatic rings. The molecule has 0 N–H and O–H groups in total. The summed E-state index contributed by atoms with van der Waals surface area (Å²) < 4.78 is 0. The van der Waals surface area contributed by atoms with Crippen LogP contribution in [0.2, 0.25) is 0 Å². The summed E-state index contributed by atoms with van der Waals surface area (Å²) in [7, 11) is 0. The lowest BCUT2D eigenvalue weighted by Crippen LogP contribution is -2.41. The Bertz CT molecular complexity index is 495. The molecule has 0 atom stereocenters. The zero-order valence-electron chi connectivity index (χ0n) is 13.2. The molecule has 0 aromatic heterocycles. The molecule has 4 rings (SSSR count). The number of rotatable bonds is 2. The van der Waals surface area contributed by atoms with E-state index in [1.807, 2.05) is 0 Å². The molecule has 0 bridgehead atoms. The summed E-state index contributed by atoms with van der Waals surface area (Å²) in [4.78, 5) is 0. The van der Waals surface area contributed by atoms with E-state index < -0.39 is 0 Å². The molecule has 2 saturated carbocycles. The van der Waals surface area contributed by atoms with Gasteiger partial charge < -0.3 is 0 Å². The highest BCUT2D eigenvalue weighted by molar-refractivity contribution is 5.66. The number of fused-ring (bicyclic) bond motifs is 1. The molecule has 0 aliphatic heterocycles. The zero-order valence-corrected chi connectivity index (χ0v) is 13.2. The first-order chi connectivity index (χ1) is 10.4. The summed E-state index contributed by atoms with van der Waals surface area (Å²) in [6, 6.07) is 9.25. The number of hydrogen-bond acceptors (Lipinski definition) is 0. The predicted octanol–water partition coefficient (Wildman–Crippen LogP) is 6.11. The topological polar surface area (TPSA) is 0 Å². The minimum atomic E-state index is 0.386. The highest BCUT2D eigenvalue weighted by Crippen LogP contribution is 2.55. The molecule has 0 amide bonds. The highest BCUT2D eigenvalue weighted by Gasteiger charge is 2.47. The summed E-state index contributed by atoms with van der Waals surface area (Å²) in [5.74, 6) is 1.79. The van der Waals surface area contributed by atoms with Crippen LogP contribution in [0.1, 0.15) is 75.3 Å². The van der Waals surface area contributed by atoms with Crippen LogP contribution < -0.4 is 0 Å². The van der Waals surface area contributed by atoms with Gasteiger partial charge in [-0.15, -0.1) is 0 Å². The first kappa shape index (κ1) is 13.6. The molecule has 1 aromatic carbocycles. The monoisotopic (exact) mass is 280 g/mol. The zero-order chi connectivity index (χ0) is 14.1. The van der Waals surface area contributed by atoms with Crippen molar-refractivity contribution in [3.8, 4) is 0 Å². The Labute approximate surface area is 129 Å². The summed E-state index contributed by atoms with van der Waals surface area (Å²) in [6.45, 7) is 0. The van der Waals surface area contributed by atoms with Crippen molar-refractivity contribution in [2.24, 2.45) is 11.8 Å². The lowest BCUT2D eigenvalue weighted by Gasteiger charge is -2.47. The van der Waals surface area contributed by atoms with Crippen molar-refractivity contribution in [3.63, 3.8) is 0 Å². The Hall–Kier alpha value is -1.04. The van der Waals surface area contributed by atoms with Gasteiger partial charge in [0.1, 0.15) is 0 Å². The van der Waals surface area contributed by atoms with Crippen LogP contribution in [0.25, 0.3) is 6.08 Å². The van der Waals surface area contributed by atoms with Gasteiger partial charge in [0.05, 0.1) is 0 Å². The lowest BCUT2D eigenvalue weighted by atomic mass is 9.57. The quantitative estimate of drug-likeness (QED) is 0.613. The van der Waals surface area contributed by atoms with Crippen molar-refractivity contribution in [1.82, 2.24) is 0 Å². The third kappa shape index (κ3) is 2.18. The van der Waals surface area contributed by atoms with Crippen molar-refractivity contribution in [2.45, 2.75) is 69.6 Å². The van der Waals surface area contributed by atoms with E-state index in [9.17, 15) is 0 Å². The van der Waals surface area contributed by atoms with Gasteiger partial charge in [-0.2, -0.15) is 0 Å². The van der Waals surface area contributed by atoms with Gasteiger partial charge in [0.2, 0.25) is 0 Å². The van der Waals surface area contributed by atoms with Gasteiger partial charge in [-0.3, -0.25) is 0 Å². The van der Waals surface area contributed by atoms with E-state index >= 15 is 0 Å². The first-order valence-electron chi connectivity index (χ1n) is 9.20. The molecule has 3 aliphatic carbocycles. The van der Waals surface area contributed by atoms with Crippen LogP contribution >= 0.6 is 0 Å². The lowest BCUT2D eigenvalue weighted by molar-refractivity contribution is 0.143. The van der Waals surface area contributed by atoms with Crippen LogP contribution in [-0.4, -0.2) is 0 Å². The molecule has 2 fully saturated rings. The van der Waals surface area contributed by atoms with E-state index in [1.165, 1.54) is 69.8 Å². The fraction of sp³-hybridized carbons (Fsp3) is 0.619. The van der Waals surface area contributed by atoms with E-state index in [2.05, 4.69) is 36.4 Å². The molecule has 112 valence electrons. The Morgan fingerprint density at radius 2 is 1.29 bits per heavy atom. The molecule has 0 spiro atoms. The largest absolute Gasteiger partial charge is 0.0728 e. The number of allylic oxidation sites excluding steroid dienone is 1. The maximum atomic E-state index is 2.64. The van der Waals surface area contributed by atoms with Crippen molar-refractivity contribution < 1.29 is 0 Å². The smallest absolute Gasteiger partial charge is 0.0197 e. The molecular weight excluding hydrogens is 252 g/mol. The van der Waals surface area contributed by atoms with E-state index in [4.69, 9.17) is 0 Å². The van der Waals surface area contributed by atoms with Crippen LogP contribution in [-0.2, 0) is 5.41 Å². The van der Waals surface area contributed by atoms with Gasteiger partial charge in [0.25, 0.3) is 0 Å². The van der Waals surface area contributed by atoms with Crippen LogP contribution in [0.15, 0.2) is 30.3 Å². The SMILES string of the molecule is C1=CC(C2CCCCC2)(C2CCCCC2)c2ccccc21. The van der Waals surface area contributed by atoms with Crippen LogP contribution in [0.4, 0.5) is 0 Å². The average Bonchev–Trinajstić information content (AvgIpc) is 2.97. The molecule has 0 radical (unpaired) electrons. The predicted molar refractivity (Wildman–Crippen MR) is 90.3 cm³/mol. The van der Waals surface area contributed by atoms with E-state index in [0.29, 0.717) is 5.41 Å². The molecule has 0 saturated heterocycles. The number of benzene rings is 1. The van der Waals surface area contributed by atoms with Gasteiger partial charge in [-0.1, -0.05) is 74.9 Å². The second-order valence-electron chi connectivity index (χ2n) is 7.52. The normalized spacial score (nSPS) is 25.9. The maximum Gasteiger partial charge on any atom is 0.0197 e. The highest BCUT2D eigenvalue weighted by atomic mass is 14.5. The molecule has 21 heavy (non-hydrogen) atoms. The third-order valence-electron chi connectivity index (χ3n) is 6.53. The van der Waals surface area contributed by atoms with E-state index in [-0.39, 0.29) is 0 Å². The minimum Gasteiger partial charge on any atom is -0.0728 e. The summed E-state index contributed by atoms with van der Waals surface area (Å²) >= 11 is 0. The number of hydrogen-bond donors (Lipinski definition) is 0. The maximum absolute atomic E-state index is 2.64. The summed E-state index contributed by atoms with van der Waals surface area (Å²) in [5, 5.41) is 0. The Kier molecular flexibility index (Phi) is 3.65. The standard InChI is InChI=1S/C21H28/c1-3-10-18(11-4-1)21(19-12-5-2-6-13-19)16-15-17-9-7-8-14-20(17)21/h7-9,14-16,18-19H,1-6,10-13H2.